The van der Waals surface area contributed by atoms with Crippen molar-refractivity contribution in [2.75, 3.05) is 12.3 Å². The molecule has 0 spiro atoms. The maximum Gasteiger partial charge on any atom is 0.340 e. The number of hydrogen-bond donors (Lipinski definition) is 0. The van der Waals surface area contributed by atoms with Crippen molar-refractivity contribution in [2.45, 2.75) is 13.5 Å². The molecule has 0 radical (unpaired) electrons. The van der Waals surface area contributed by atoms with E-state index in [2.05, 4.69) is 9.38 Å². The zero-order chi connectivity index (χ0) is 19.7. The van der Waals surface area contributed by atoms with Gasteiger partial charge in [-0.2, -0.15) is 0 Å². The van der Waals surface area contributed by atoms with E-state index in [9.17, 15) is 13.2 Å². The van der Waals surface area contributed by atoms with E-state index in [1.165, 1.54) is 24.6 Å². The minimum atomic E-state index is -3.43. The highest BCUT2D eigenvalue weighted by Crippen LogP contribution is 2.20. The summed E-state index contributed by atoms with van der Waals surface area (Å²) in [7, 11) is -3.43. The van der Waals surface area contributed by atoms with Crippen molar-refractivity contribution >= 4 is 21.8 Å². The summed E-state index contributed by atoms with van der Waals surface area (Å²) in [5.74, 6) is 0.119. The molecule has 0 N–H and O–H groups in total. The number of aryl methyl sites for hydroxylation is 1. The summed E-state index contributed by atoms with van der Waals surface area (Å²) in [4.78, 5) is 18.2. The lowest BCUT2D eigenvalue weighted by Crippen LogP contribution is -2.37. The Kier molecular flexibility index (Phi) is 4.60. The number of amidine groups is 1. The molecule has 4 rings (SSSR count). The van der Waals surface area contributed by atoms with Crippen LogP contribution in [0, 0.1) is 6.92 Å². The van der Waals surface area contributed by atoms with Gasteiger partial charge in [0.2, 0.25) is 5.89 Å². The molecular formula is C19H17N3O5S. The summed E-state index contributed by atoms with van der Waals surface area (Å²) in [6.45, 7) is 2.20. The first kappa shape index (κ1) is 18.2. The van der Waals surface area contributed by atoms with Gasteiger partial charge in [-0.15, -0.1) is 4.40 Å². The molecule has 1 aromatic carbocycles. The summed E-state index contributed by atoms with van der Waals surface area (Å²) >= 11 is 0. The maximum absolute atomic E-state index is 12.3. The van der Waals surface area contributed by atoms with E-state index in [1.807, 2.05) is 31.2 Å². The van der Waals surface area contributed by atoms with Crippen LogP contribution in [0.5, 0.6) is 0 Å². The van der Waals surface area contributed by atoms with E-state index < -0.39 is 16.0 Å². The van der Waals surface area contributed by atoms with Gasteiger partial charge >= 0.3 is 5.97 Å². The van der Waals surface area contributed by atoms with E-state index in [0.717, 1.165) is 11.1 Å². The molecule has 0 atom stereocenters. The number of nitrogens with zero attached hydrogens (tertiary/aromatic N) is 3. The van der Waals surface area contributed by atoms with Crippen LogP contribution >= 0.6 is 0 Å². The summed E-state index contributed by atoms with van der Waals surface area (Å²) in [6, 6.07) is 7.74. The average Bonchev–Trinajstić information content (AvgIpc) is 3.14. The van der Waals surface area contributed by atoms with Crippen molar-refractivity contribution in [3.05, 3.63) is 65.7 Å². The zero-order valence-corrected chi connectivity index (χ0v) is 15.8. The Hall–Kier alpha value is -3.20. The maximum atomic E-state index is 12.3. The van der Waals surface area contributed by atoms with Gasteiger partial charge in [-0.1, -0.05) is 17.7 Å². The van der Waals surface area contributed by atoms with Gasteiger partial charge in [0.25, 0.3) is 10.0 Å². The van der Waals surface area contributed by atoms with Crippen LogP contribution in [0.2, 0.25) is 0 Å². The van der Waals surface area contributed by atoms with Gasteiger partial charge in [0, 0.05) is 18.3 Å². The number of ether oxygens (including phenoxy) is 1. The van der Waals surface area contributed by atoms with Crippen LogP contribution in [-0.4, -0.2) is 42.4 Å². The van der Waals surface area contributed by atoms with Crippen LogP contribution in [0.25, 0.3) is 11.5 Å². The number of aromatic nitrogens is 1. The monoisotopic (exact) mass is 399 g/mol. The molecule has 2 aliphatic rings. The van der Waals surface area contributed by atoms with E-state index in [1.54, 1.807) is 4.90 Å². The summed E-state index contributed by atoms with van der Waals surface area (Å²) in [6.07, 6.45) is 5.96. The number of hydrogen-bond acceptors (Lipinski definition) is 7. The lowest BCUT2D eigenvalue weighted by atomic mass is 10.1. The largest absolute Gasteiger partial charge is 0.455 e. The van der Waals surface area contributed by atoms with Crippen LogP contribution < -0.4 is 0 Å². The average molecular weight is 399 g/mol. The first-order chi connectivity index (χ1) is 13.4. The van der Waals surface area contributed by atoms with E-state index in [-0.39, 0.29) is 18.9 Å². The van der Waals surface area contributed by atoms with Crippen molar-refractivity contribution in [1.29, 1.82) is 0 Å². The number of carbonyl (C=O) groups excluding carboxylic acids is 1. The Morgan fingerprint density at radius 3 is 2.82 bits per heavy atom. The first-order valence-electron chi connectivity index (χ1n) is 8.57. The van der Waals surface area contributed by atoms with Crippen LogP contribution in [0.4, 0.5) is 0 Å². The highest BCUT2D eigenvalue weighted by atomic mass is 32.2. The first-order valence-corrected chi connectivity index (χ1v) is 10.2. The second-order valence-corrected chi connectivity index (χ2v) is 8.19. The van der Waals surface area contributed by atoms with Gasteiger partial charge in [-0.05, 0) is 31.2 Å². The number of carbonyl (C=O) groups is 1. The molecule has 2 aromatic rings. The lowest BCUT2D eigenvalue weighted by molar-refractivity contribution is -0.140. The van der Waals surface area contributed by atoms with Gasteiger partial charge in [-0.3, -0.25) is 0 Å². The fourth-order valence-electron chi connectivity index (χ4n) is 2.75. The third kappa shape index (κ3) is 3.89. The molecule has 0 unspecified atom stereocenters. The third-order valence-corrected chi connectivity index (χ3v) is 5.42. The molecule has 0 saturated heterocycles. The second kappa shape index (κ2) is 7.08. The molecule has 0 saturated carbocycles. The van der Waals surface area contributed by atoms with Crippen LogP contribution in [0.1, 0.15) is 11.3 Å². The zero-order valence-electron chi connectivity index (χ0n) is 15.0. The van der Waals surface area contributed by atoms with E-state index in [0.29, 0.717) is 23.0 Å². The molecular weight excluding hydrogens is 382 g/mol. The van der Waals surface area contributed by atoms with Gasteiger partial charge in [-0.25, -0.2) is 18.2 Å². The number of fused-ring (bicyclic) bond motifs is 1. The second-order valence-electron chi connectivity index (χ2n) is 6.43. The minimum Gasteiger partial charge on any atom is -0.455 e. The van der Waals surface area contributed by atoms with Gasteiger partial charge in [0.05, 0.1) is 11.3 Å². The molecule has 144 valence electrons. The molecule has 0 bridgehead atoms. The number of oxazole rings is 1. The lowest BCUT2D eigenvalue weighted by Gasteiger charge is -2.26. The van der Waals surface area contributed by atoms with Crippen LogP contribution in [0.3, 0.4) is 0 Å². The van der Waals surface area contributed by atoms with Crippen molar-refractivity contribution in [2.24, 2.45) is 4.40 Å². The molecule has 8 nitrogen and oxygen atoms in total. The summed E-state index contributed by atoms with van der Waals surface area (Å²) in [5, 5.41) is 0. The molecule has 1 aromatic heterocycles. The molecule has 2 aliphatic heterocycles. The van der Waals surface area contributed by atoms with Gasteiger partial charge < -0.3 is 14.1 Å². The molecule has 0 amide bonds. The van der Waals surface area contributed by atoms with E-state index in [4.69, 9.17) is 9.15 Å². The third-order valence-electron chi connectivity index (χ3n) is 4.26. The Morgan fingerprint density at radius 1 is 1.25 bits per heavy atom. The van der Waals surface area contributed by atoms with Gasteiger partial charge in [0.15, 0.2) is 0 Å². The molecule has 3 heterocycles. The highest BCUT2D eigenvalue weighted by molar-refractivity contribution is 7.90. The standard InChI is InChI=1S/C19H17N3O5S/c1-13-2-4-14(5-3-13)18-20-16(11-26-18)12-27-19(23)15-6-7-17-21-28(24,25)9-8-22(17)10-15/h2-7,10-11H,8-9,12H2,1H3. The van der Waals surface area contributed by atoms with Gasteiger partial charge in [0.1, 0.15) is 24.4 Å². The number of sulfonamides is 1. The number of benzene rings is 1. The fourth-order valence-corrected chi connectivity index (χ4v) is 3.72. The van der Waals surface area contributed by atoms with Crippen molar-refractivity contribution in [1.82, 2.24) is 9.88 Å². The van der Waals surface area contributed by atoms with Crippen molar-refractivity contribution in [3.63, 3.8) is 0 Å². The van der Waals surface area contributed by atoms with Crippen molar-refractivity contribution in [3.8, 4) is 11.5 Å². The molecule has 0 aliphatic carbocycles. The highest BCUT2D eigenvalue weighted by Gasteiger charge is 2.25. The summed E-state index contributed by atoms with van der Waals surface area (Å²) < 4.78 is 37.5. The minimum absolute atomic E-state index is 0.0330. The molecule has 9 heteroatoms. The molecule has 0 fully saturated rings. The smallest absolute Gasteiger partial charge is 0.340 e. The topological polar surface area (TPSA) is 102 Å². The fraction of sp³-hybridized carbons (Fsp3) is 0.211. The predicted molar refractivity (Wildman–Crippen MR) is 102 cm³/mol. The van der Waals surface area contributed by atoms with Crippen LogP contribution in [-0.2, 0) is 26.2 Å². The SMILES string of the molecule is Cc1ccc(-c2nc(COC(=O)C3=CN4CCS(=O)(=O)N=C4C=C3)co2)cc1. The normalized spacial score (nSPS) is 17.5. The Balaban J connectivity index is 1.40. The Morgan fingerprint density at radius 2 is 2.04 bits per heavy atom. The van der Waals surface area contributed by atoms with E-state index >= 15 is 0 Å². The molecule has 28 heavy (non-hydrogen) atoms. The van der Waals surface area contributed by atoms with Crippen molar-refractivity contribution < 1.29 is 22.4 Å². The quantitative estimate of drug-likeness (QED) is 0.726. The number of rotatable bonds is 4. The van der Waals surface area contributed by atoms with Crippen LogP contribution in [0.15, 0.2) is 63.3 Å². The Labute approximate surface area is 161 Å². The number of esters is 1. The summed E-state index contributed by atoms with van der Waals surface area (Å²) in [5.41, 5.74) is 2.78. The predicted octanol–water partition coefficient (Wildman–Crippen LogP) is 2.19. The Bertz CT molecular complexity index is 1110.